The Balaban J connectivity index is 1.70. The minimum absolute atomic E-state index is 0.0160. The third-order valence-electron chi connectivity index (χ3n) is 5.75. The van der Waals surface area contributed by atoms with E-state index in [1.807, 2.05) is 44.2 Å². The summed E-state index contributed by atoms with van der Waals surface area (Å²) in [5.74, 6) is -2.09. The standard InChI is InChI=1S/C27H27FN2O4S/c1-16(2)34-15-7-14-30-22(18-10-12-20(28)13-11-18)21(24(32)27(30)33)23(31)25-17(3)29-26(35-25)19-8-5-4-6-9-19/h4-6,8-13,16,22,32H,7,14-15H2,1-3H3. The molecule has 0 aliphatic carbocycles. The van der Waals surface area contributed by atoms with E-state index in [9.17, 15) is 19.1 Å². The van der Waals surface area contributed by atoms with Crippen molar-refractivity contribution < 1.29 is 23.8 Å². The monoisotopic (exact) mass is 494 g/mol. The third kappa shape index (κ3) is 5.18. The topological polar surface area (TPSA) is 79.7 Å². The molecular weight excluding hydrogens is 467 g/mol. The molecule has 1 N–H and O–H groups in total. The first-order chi connectivity index (χ1) is 16.8. The van der Waals surface area contributed by atoms with E-state index in [1.165, 1.54) is 40.5 Å². The molecule has 1 unspecified atom stereocenters. The average Bonchev–Trinajstić information content (AvgIpc) is 3.35. The van der Waals surface area contributed by atoms with Gasteiger partial charge in [-0.15, -0.1) is 11.3 Å². The van der Waals surface area contributed by atoms with Gasteiger partial charge in [-0.1, -0.05) is 42.5 Å². The second-order valence-electron chi connectivity index (χ2n) is 8.62. The van der Waals surface area contributed by atoms with E-state index in [4.69, 9.17) is 4.74 Å². The Morgan fingerprint density at radius 2 is 1.86 bits per heavy atom. The molecule has 0 saturated carbocycles. The lowest BCUT2D eigenvalue weighted by molar-refractivity contribution is -0.129. The molecule has 2 heterocycles. The van der Waals surface area contributed by atoms with E-state index in [0.717, 1.165) is 5.56 Å². The second kappa shape index (κ2) is 10.5. The van der Waals surface area contributed by atoms with Crippen molar-refractivity contribution in [2.24, 2.45) is 0 Å². The first-order valence-electron chi connectivity index (χ1n) is 11.5. The van der Waals surface area contributed by atoms with Gasteiger partial charge < -0.3 is 14.7 Å². The van der Waals surface area contributed by atoms with E-state index in [0.29, 0.717) is 34.2 Å². The van der Waals surface area contributed by atoms with Crippen LogP contribution in [-0.4, -0.2) is 45.9 Å². The summed E-state index contributed by atoms with van der Waals surface area (Å²) in [7, 11) is 0. The number of nitrogens with zero attached hydrogens (tertiary/aromatic N) is 2. The lowest BCUT2D eigenvalue weighted by Gasteiger charge is -2.27. The molecule has 182 valence electrons. The van der Waals surface area contributed by atoms with Gasteiger partial charge >= 0.3 is 0 Å². The number of thiazole rings is 1. The number of carbonyl (C=O) groups excluding carboxylic acids is 2. The lowest BCUT2D eigenvalue weighted by Crippen LogP contribution is -2.32. The largest absolute Gasteiger partial charge is 0.503 e. The molecule has 0 saturated heterocycles. The zero-order valence-electron chi connectivity index (χ0n) is 19.8. The Labute approximate surface area is 207 Å². The van der Waals surface area contributed by atoms with Gasteiger partial charge in [0.25, 0.3) is 5.91 Å². The van der Waals surface area contributed by atoms with Gasteiger partial charge in [0.2, 0.25) is 5.78 Å². The third-order valence-corrected chi connectivity index (χ3v) is 6.96. The fourth-order valence-corrected chi connectivity index (χ4v) is 5.12. The fourth-order valence-electron chi connectivity index (χ4n) is 4.10. The SMILES string of the molecule is Cc1nc(-c2ccccc2)sc1C(=O)C1=C(O)C(=O)N(CCCOC(C)C)C1c1ccc(F)cc1. The number of hydrogen-bond acceptors (Lipinski definition) is 6. The van der Waals surface area contributed by atoms with Gasteiger partial charge in [0.15, 0.2) is 5.76 Å². The van der Waals surface area contributed by atoms with E-state index in [-0.39, 0.29) is 18.2 Å². The molecule has 8 heteroatoms. The maximum atomic E-state index is 13.8. The van der Waals surface area contributed by atoms with Gasteiger partial charge in [-0.2, -0.15) is 0 Å². The minimum atomic E-state index is -0.837. The average molecular weight is 495 g/mol. The van der Waals surface area contributed by atoms with E-state index in [1.54, 1.807) is 6.92 Å². The summed E-state index contributed by atoms with van der Waals surface area (Å²) in [6, 6.07) is 14.3. The van der Waals surface area contributed by atoms with Gasteiger partial charge in [-0.05, 0) is 44.9 Å². The lowest BCUT2D eigenvalue weighted by atomic mass is 9.95. The number of hydrogen-bond donors (Lipinski definition) is 1. The molecule has 1 aliphatic rings. The number of Topliss-reactive ketones (excluding diaryl/α,β-unsaturated/α-hetero) is 1. The Hall–Kier alpha value is -3.36. The highest BCUT2D eigenvalue weighted by atomic mass is 32.1. The highest BCUT2D eigenvalue weighted by Crippen LogP contribution is 2.41. The highest BCUT2D eigenvalue weighted by Gasteiger charge is 2.44. The van der Waals surface area contributed by atoms with Crippen molar-refractivity contribution in [3.05, 3.63) is 87.9 Å². The number of aryl methyl sites for hydroxylation is 1. The number of aliphatic hydroxyl groups excluding tert-OH is 1. The van der Waals surface area contributed by atoms with Crippen LogP contribution < -0.4 is 0 Å². The van der Waals surface area contributed by atoms with Crippen LogP contribution in [0.15, 0.2) is 65.9 Å². The number of aliphatic hydroxyl groups is 1. The molecule has 6 nitrogen and oxygen atoms in total. The van der Waals surface area contributed by atoms with Gasteiger partial charge in [0.1, 0.15) is 10.8 Å². The van der Waals surface area contributed by atoms with E-state index in [2.05, 4.69) is 4.98 Å². The van der Waals surface area contributed by atoms with Gasteiger partial charge in [-0.25, -0.2) is 9.37 Å². The number of aromatic nitrogens is 1. The quantitative estimate of drug-likeness (QED) is 0.307. The summed E-state index contributed by atoms with van der Waals surface area (Å²) in [6.07, 6.45) is 0.572. The van der Waals surface area contributed by atoms with Crippen LogP contribution in [-0.2, 0) is 9.53 Å². The Morgan fingerprint density at radius 1 is 1.17 bits per heavy atom. The summed E-state index contributed by atoms with van der Waals surface area (Å²) < 4.78 is 19.2. The molecule has 1 aliphatic heterocycles. The molecule has 35 heavy (non-hydrogen) atoms. The molecule has 0 bridgehead atoms. The van der Waals surface area contributed by atoms with E-state index >= 15 is 0 Å². The number of ketones is 1. The minimum Gasteiger partial charge on any atom is -0.503 e. The summed E-state index contributed by atoms with van der Waals surface area (Å²) in [6.45, 7) is 6.28. The molecule has 1 atom stereocenters. The van der Waals surface area contributed by atoms with Crippen LogP contribution in [0.2, 0.25) is 0 Å². The van der Waals surface area contributed by atoms with Crippen LogP contribution in [0.5, 0.6) is 0 Å². The summed E-state index contributed by atoms with van der Waals surface area (Å²) in [5, 5.41) is 11.5. The number of rotatable bonds is 9. The summed E-state index contributed by atoms with van der Waals surface area (Å²) >= 11 is 1.22. The summed E-state index contributed by atoms with van der Waals surface area (Å²) in [4.78, 5) is 33.2. The first-order valence-corrected chi connectivity index (χ1v) is 12.3. The predicted octanol–water partition coefficient (Wildman–Crippen LogP) is 5.65. The fraction of sp³-hybridized carbons (Fsp3) is 0.296. The van der Waals surface area contributed by atoms with E-state index < -0.39 is 29.3 Å². The second-order valence-corrected chi connectivity index (χ2v) is 9.62. The van der Waals surface area contributed by atoms with Crippen molar-refractivity contribution in [1.29, 1.82) is 0 Å². The predicted molar refractivity (Wildman–Crippen MR) is 133 cm³/mol. The van der Waals surface area contributed by atoms with Crippen LogP contribution in [0, 0.1) is 12.7 Å². The molecular formula is C27H27FN2O4S. The molecule has 4 rings (SSSR count). The van der Waals surface area contributed by atoms with Crippen molar-refractivity contribution in [1.82, 2.24) is 9.88 Å². The van der Waals surface area contributed by atoms with Crippen LogP contribution in [0.4, 0.5) is 4.39 Å². The van der Waals surface area contributed by atoms with Crippen molar-refractivity contribution in [3.63, 3.8) is 0 Å². The normalized spacial score (nSPS) is 16.0. The summed E-state index contributed by atoms with van der Waals surface area (Å²) in [5.41, 5.74) is 1.93. The molecule has 2 aromatic carbocycles. The zero-order chi connectivity index (χ0) is 25.1. The number of carbonyl (C=O) groups is 2. The maximum absolute atomic E-state index is 13.8. The molecule has 3 aromatic rings. The van der Waals surface area contributed by atoms with Crippen molar-refractivity contribution >= 4 is 23.0 Å². The Bertz CT molecular complexity index is 1250. The van der Waals surface area contributed by atoms with Crippen LogP contribution in [0.1, 0.15) is 47.2 Å². The van der Waals surface area contributed by atoms with Crippen molar-refractivity contribution in [2.45, 2.75) is 39.3 Å². The number of ether oxygens (including phenoxy) is 1. The Kier molecular flexibility index (Phi) is 7.42. The number of amides is 1. The van der Waals surface area contributed by atoms with Crippen molar-refractivity contribution in [3.8, 4) is 10.6 Å². The number of benzene rings is 2. The highest BCUT2D eigenvalue weighted by molar-refractivity contribution is 7.17. The van der Waals surface area contributed by atoms with Gasteiger partial charge in [-0.3, -0.25) is 9.59 Å². The molecule has 0 spiro atoms. The Morgan fingerprint density at radius 3 is 2.51 bits per heavy atom. The van der Waals surface area contributed by atoms with Crippen LogP contribution >= 0.6 is 11.3 Å². The van der Waals surface area contributed by atoms with Crippen LogP contribution in [0.3, 0.4) is 0 Å². The molecule has 1 aromatic heterocycles. The zero-order valence-corrected chi connectivity index (χ0v) is 20.6. The smallest absolute Gasteiger partial charge is 0.290 e. The number of halogens is 1. The molecule has 0 radical (unpaired) electrons. The molecule has 0 fully saturated rings. The van der Waals surface area contributed by atoms with Gasteiger partial charge in [0, 0.05) is 18.7 Å². The van der Waals surface area contributed by atoms with Crippen molar-refractivity contribution in [2.75, 3.05) is 13.2 Å². The van der Waals surface area contributed by atoms with Crippen LogP contribution in [0.25, 0.3) is 10.6 Å². The molecule has 1 amide bonds. The first kappa shape index (κ1) is 24.8. The maximum Gasteiger partial charge on any atom is 0.290 e. The van der Waals surface area contributed by atoms with Gasteiger partial charge in [0.05, 0.1) is 28.3 Å².